The summed E-state index contributed by atoms with van der Waals surface area (Å²) < 4.78 is 14.7. The molecule has 18 heavy (non-hydrogen) atoms. The van der Waals surface area contributed by atoms with Crippen molar-refractivity contribution < 1.29 is 23.8 Å². The minimum Gasteiger partial charge on any atom is -0.493 e. The Bertz CT molecular complexity index is 419. The highest BCUT2D eigenvalue weighted by atomic mass is 16.6. The number of para-hydroxylation sites is 2. The van der Waals surface area contributed by atoms with Crippen LogP contribution in [0.1, 0.15) is 6.92 Å². The number of esters is 1. The molecule has 0 saturated heterocycles. The molecule has 0 radical (unpaired) electrons. The van der Waals surface area contributed by atoms with Gasteiger partial charge in [0, 0.05) is 0 Å². The Morgan fingerprint density at radius 2 is 1.89 bits per heavy atom. The lowest BCUT2D eigenvalue weighted by atomic mass is 10.3. The van der Waals surface area contributed by atoms with Crippen molar-refractivity contribution in [3.63, 3.8) is 0 Å². The first-order valence-corrected chi connectivity index (χ1v) is 5.41. The van der Waals surface area contributed by atoms with Gasteiger partial charge in [0.1, 0.15) is 6.54 Å². The van der Waals surface area contributed by atoms with Gasteiger partial charge >= 0.3 is 12.1 Å². The molecule has 1 rings (SSSR count). The lowest BCUT2D eigenvalue weighted by molar-refractivity contribution is -0.133. The second kappa shape index (κ2) is 7.16. The van der Waals surface area contributed by atoms with E-state index in [4.69, 9.17) is 9.47 Å². The molecular formula is C12H15NO5. The van der Waals surface area contributed by atoms with Gasteiger partial charge in [0.15, 0.2) is 11.5 Å². The minimum absolute atomic E-state index is 0.243. The predicted molar refractivity (Wildman–Crippen MR) is 63.7 cm³/mol. The molecule has 0 fully saturated rings. The smallest absolute Gasteiger partial charge is 0.407 e. The molecule has 0 aromatic heterocycles. The zero-order valence-electron chi connectivity index (χ0n) is 10.3. The van der Waals surface area contributed by atoms with Crippen LogP contribution in [-0.4, -0.2) is 32.3 Å². The molecular weight excluding hydrogens is 238 g/mol. The van der Waals surface area contributed by atoms with Gasteiger partial charge in [-0.25, -0.2) is 9.59 Å². The summed E-state index contributed by atoms with van der Waals surface area (Å²) in [6, 6.07) is 6.74. The fourth-order valence-electron chi connectivity index (χ4n) is 1.19. The molecule has 1 amide bonds. The molecule has 6 heteroatoms. The summed E-state index contributed by atoms with van der Waals surface area (Å²) >= 11 is 0. The molecule has 0 saturated carbocycles. The van der Waals surface area contributed by atoms with E-state index in [1.165, 1.54) is 7.11 Å². The van der Waals surface area contributed by atoms with Gasteiger partial charge < -0.3 is 19.5 Å². The standard InChI is InChI=1S/C12H15NO5/c1-3-17-12(15)13-8-11(14)18-10-7-5-4-6-9(10)16-2/h4-7H,3,8H2,1-2H3,(H,13,15). The Morgan fingerprint density at radius 3 is 2.50 bits per heavy atom. The van der Waals surface area contributed by atoms with Gasteiger partial charge in [0.05, 0.1) is 13.7 Å². The second-order valence-electron chi connectivity index (χ2n) is 3.20. The Balaban J connectivity index is 2.47. The number of carbonyl (C=O) groups excluding carboxylic acids is 2. The lowest BCUT2D eigenvalue weighted by Crippen LogP contribution is -2.32. The van der Waals surface area contributed by atoms with Crippen LogP contribution in [0.3, 0.4) is 0 Å². The van der Waals surface area contributed by atoms with E-state index in [0.717, 1.165) is 0 Å². The number of hydrogen-bond donors (Lipinski definition) is 1. The quantitative estimate of drug-likeness (QED) is 0.633. The highest BCUT2D eigenvalue weighted by molar-refractivity contribution is 5.79. The van der Waals surface area contributed by atoms with Gasteiger partial charge in [0.2, 0.25) is 0 Å². The van der Waals surface area contributed by atoms with Crippen LogP contribution in [0, 0.1) is 0 Å². The van der Waals surface area contributed by atoms with E-state index in [1.807, 2.05) is 0 Å². The number of carbonyl (C=O) groups is 2. The normalized spacial score (nSPS) is 9.44. The van der Waals surface area contributed by atoms with Crippen molar-refractivity contribution in [3.05, 3.63) is 24.3 Å². The van der Waals surface area contributed by atoms with E-state index in [2.05, 4.69) is 10.1 Å². The van der Waals surface area contributed by atoms with Crippen molar-refractivity contribution in [1.82, 2.24) is 5.32 Å². The van der Waals surface area contributed by atoms with Crippen LogP contribution >= 0.6 is 0 Å². The lowest BCUT2D eigenvalue weighted by Gasteiger charge is -2.09. The van der Waals surface area contributed by atoms with Crippen LogP contribution in [0.15, 0.2) is 24.3 Å². The Labute approximate surface area is 105 Å². The van der Waals surface area contributed by atoms with E-state index < -0.39 is 12.1 Å². The largest absolute Gasteiger partial charge is 0.493 e. The molecule has 0 atom stereocenters. The van der Waals surface area contributed by atoms with Gasteiger partial charge in [-0.3, -0.25) is 0 Å². The molecule has 6 nitrogen and oxygen atoms in total. The summed E-state index contributed by atoms with van der Waals surface area (Å²) in [4.78, 5) is 22.4. The first kappa shape index (κ1) is 13.8. The van der Waals surface area contributed by atoms with Gasteiger partial charge in [-0.15, -0.1) is 0 Å². The molecule has 1 aromatic rings. The van der Waals surface area contributed by atoms with Gasteiger partial charge in [-0.1, -0.05) is 12.1 Å². The van der Waals surface area contributed by atoms with Crippen molar-refractivity contribution in [2.24, 2.45) is 0 Å². The summed E-state index contributed by atoms with van der Waals surface area (Å²) in [7, 11) is 1.48. The molecule has 0 unspecified atom stereocenters. The van der Waals surface area contributed by atoms with Crippen molar-refractivity contribution in [2.75, 3.05) is 20.3 Å². The molecule has 0 aliphatic heterocycles. The van der Waals surface area contributed by atoms with E-state index in [0.29, 0.717) is 11.5 Å². The van der Waals surface area contributed by atoms with Crippen molar-refractivity contribution >= 4 is 12.1 Å². The Morgan fingerprint density at radius 1 is 1.22 bits per heavy atom. The number of benzene rings is 1. The van der Waals surface area contributed by atoms with Crippen LogP contribution in [-0.2, 0) is 9.53 Å². The molecule has 1 N–H and O–H groups in total. The maximum absolute atomic E-state index is 11.4. The first-order valence-electron chi connectivity index (χ1n) is 5.41. The number of rotatable bonds is 5. The molecule has 0 aliphatic rings. The van der Waals surface area contributed by atoms with Crippen LogP contribution in [0.4, 0.5) is 4.79 Å². The maximum Gasteiger partial charge on any atom is 0.407 e. The molecule has 0 bridgehead atoms. The fourth-order valence-corrected chi connectivity index (χ4v) is 1.19. The minimum atomic E-state index is -0.658. The highest BCUT2D eigenvalue weighted by Crippen LogP contribution is 2.25. The predicted octanol–water partition coefficient (Wildman–Crippen LogP) is 1.35. The van der Waals surface area contributed by atoms with Gasteiger partial charge in [-0.05, 0) is 19.1 Å². The van der Waals surface area contributed by atoms with Gasteiger partial charge in [-0.2, -0.15) is 0 Å². The summed E-state index contributed by atoms with van der Waals surface area (Å²) in [5, 5.41) is 2.26. The summed E-state index contributed by atoms with van der Waals surface area (Å²) in [5.41, 5.74) is 0. The summed E-state index contributed by atoms with van der Waals surface area (Å²) in [6.45, 7) is 1.65. The third-order valence-corrected chi connectivity index (χ3v) is 1.95. The number of nitrogens with one attached hydrogen (secondary N) is 1. The average Bonchev–Trinajstić information content (AvgIpc) is 2.37. The van der Waals surface area contributed by atoms with E-state index >= 15 is 0 Å². The monoisotopic (exact) mass is 253 g/mol. The SMILES string of the molecule is CCOC(=O)NCC(=O)Oc1ccccc1OC. The van der Waals surface area contributed by atoms with E-state index in [-0.39, 0.29) is 13.2 Å². The number of ether oxygens (including phenoxy) is 3. The zero-order valence-corrected chi connectivity index (χ0v) is 10.3. The first-order chi connectivity index (χ1) is 8.67. The second-order valence-corrected chi connectivity index (χ2v) is 3.20. The maximum atomic E-state index is 11.4. The summed E-state index contributed by atoms with van der Waals surface area (Å²) in [5.74, 6) is 0.144. The number of amides is 1. The number of hydrogen-bond acceptors (Lipinski definition) is 5. The van der Waals surface area contributed by atoms with E-state index in [1.54, 1.807) is 31.2 Å². The van der Waals surface area contributed by atoms with Crippen LogP contribution in [0.2, 0.25) is 0 Å². The topological polar surface area (TPSA) is 73.9 Å². The third kappa shape index (κ3) is 4.32. The van der Waals surface area contributed by atoms with Crippen LogP contribution in [0.5, 0.6) is 11.5 Å². The molecule has 0 spiro atoms. The van der Waals surface area contributed by atoms with Crippen LogP contribution in [0.25, 0.3) is 0 Å². The molecule has 98 valence electrons. The number of alkyl carbamates (subject to hydrolysis) is 1. The van der Waals surface area contributed by atoms with Gasteiger partial charge in [0.25, 0.3) is 0 Å². The van der Waals surface area contributed by atoms with Crippen molar-refractivity contribution in [2.45, 2.75) is 6.92 Å². The average molecular weight is 253 g/mol. The van der Waals surface area contributed by atoms with Crippen molar-refractivity contribution in [3.8, 4) is 11.5 Å². The third-order valence-electron chi connectivity index (χ3n) is 1.95. The molecule has 0 heterocycles. The highest BCUT2D eigenvalue weighted by Gasteiger charge is 2.10. The van der Waals surface area contributed by atoms with E-state index in [9.17, 15) is 9.59 Å². The number of methoxy groups -OCH3 is 1. The Hall–Kier alpha value is -2.24. The zero-order chi connectivity index (χ0) is 13.4. The summed E-state index contributed by atoms with van der Waals surface area (Å²) in [6.07, 6.45) is -0.658. The Kier molecular flexibility index (Phi) is 5.50. The van der Waals surface area contributed by atoms with Crippen molar-refractivity contribution in [1.29, 1.82) is 0 Å². The van der Waals surface area contributed by atoms with Crippen LogP contribution < -0.4 is 14.8 Å². The molecule has 1 aromatic carbocycles. The fraction of sp³-hybridized carbons (Fsp3) is 0.333. The molecule has 0 aliphatic carbocycles.